The van der Waals surface area contributed by atoms with Crippen molar-refractivity contribution in [3.63, 3.8) is 0 Å². The fourth-order valence-electron chi connectivity index (χ4n) is 2.20. The van der Waals surface area contributed by atoms with Gasteiger partial charge in [0.15, 0.2) is 17.3 Å². The number of aromatic nitrogens is 2. The SMILES string of the molecule is COc1cc(/C=C/C=N/Nc2nncc3ccccc23)ccc1O. The number of rotatable bonds is 5. The first-order valence-corrected chi connectivity index (χ1v) is 7.31. The molecule has 0 bridgehead atoms. The molecular formula is C18H16N4O2. The van der Waals surface area contributed by atoms with Crippen LogP contribution >= 0.6 is 0 Å². The summed E-state index contributed by atoms with van der Waals surface area (Å²) in [6.45, 7) is 0. The van der Waals surface area contributed by atoms with E-state index < -0.39 is 0 Å². The van der Waals surface area contributed by atoms with Crippen LogP contribution in [0.15, 0.2) is 59.8 Å². The molecular weight excluding hydrogens is 304 g/mol. The maximum atomic E-state index is 9.56. The quantitative estimate of drug-likeness (QED) is 0.556. The molecule has 2 aromatic carbocycles. The third-order valence-corrected chi connectivity index (χ3v) is 3.39. The number of nitrogens with zero attached hydrogens (tertiary/aromatic N) is 3. The van der Waals surface area contributed by atoms with E-state index in [4.69, 9.17) is 4.74 Å². The summed E-state index contributed by atoms with van der Waals surface area (Å²) in [4.78, 5) is 0. The standard InChI is InChI=1S/C18H16N4O2/c1-24-17-11-13(8-9-16(17)23)5-4-10-19-21-18-15-7-3-2-6-14(15)12-20-22-18/h2-12,23H,1H3,(H,21,22)/b5-4+,19-10+. The maximum Gasteiger partial charge on any atom is 0.176 e. The van der Waals surface area contributed by atoms with Gasteiger partial charge in [-0.15, -0.1) is 5.10 Å². The second-order valence-corrected chi connectivity index (χ2v) is 4.96. The molecule has 6 heteroatoms. The predicted molar refractivity (Wildman–Crippen MR) is 95.3 cm³/mol. The Morgan fingerprint density at radius 1 is 1.21 bits per heavy atom. The molecule has 1 heterocycles. The minimum atomic E-state index is 0.111. The van der Waals surface area contributed by atoms with E-state index in [0.29, 0.717) is 11.6 Å². The molecule has 0 aliphatic carbocycles. The molecule has 0 amide bonds. The molecule has 24 heavy (non-hydrogen) atoms. The molecule has 0 saturated heterocycles. The third-order valence-electron chi connectivity index (χ3n) is 3.39. The number of phenols is 1. The topological polar surface area (TPSA) is 79.6 Å². The zero-order valence-electron chi connectivity index (χ0n) is 13.0. The van der Waals surface area contributed by atoms with E-state index in [-0.39, 0.29) is 5.75 Å². The van der Waals surface area contributed by atoms with E-state index >= 15 is 0 Å². The van der Waals surface area contributed by atoms with Crippen LogP contribution in [-0.2, 0) is 0 Å². The van der Waals surface area contributed by atoms with Crippen LogP contribution in [0.25, 0.3) is 16.8 Å². The van der Waals surface area contributed by atoms with E-state index in [9.17, 15) is 5.11 Å². The second kappa shape index (κ2) is 7.23. The van der Waals surface area contributed by atoms with Crippen molar-refractivity contribution in [3.05, 3.63) is 60.3 Å². The summed E-state index contributed by atoms with van der Waals surface area (Å²) >= 11 is 0. The molecule has 0 atom stereocenters. The van der Waals surface area contributed by atoms with Gasteiger partial charge in [0.25, 0.3) is 0 Å². The molecule has 0 saturated carbocycles. The average Bonchev–Trinajstić information content (AvgIpc) is 2.63. The van der Waals surface area contributed by atoms with E-state index in [2.05, 4.69) is 20.7 Å². The second-order valence-electron chi connectivity index (χ2n) is 4.96. The Kier molecular flexibility index (Phi) is 4.67. The molecule has 0 aliphatic rings. The number of anilines is 1. The zero-order valence-corrected chi connectivity index (χ0v) is 13.0. The molecule has 0 spiro atoms. The molecule has 3 aromatic rings. The van der Waals surface area contributed by atoms with Gasteiger partial charge in [-0.05, 0) is 23.8 Å². The Labute approximate surface area is 139 Å². The first-order chi connectivity index (χ1) is 11.8. The Hall–Kier alpha value is -3.41. The maximum absolute atomic E-state index is 9.56. The number of phenolic OH excluding ortho intramolecular Hbond substituents is 1. The number of aromatic hydroxyl groups is 1. The van der Waals surface area contributed by atoms with E-state index in [0.717, 1.165) is 16.3 Å². The molecule has 0 unspecified atom stereocenters. The van der Waals surface area contributed by atoms with Crippen LogP contribution in [0.5, 0.6) is 11.5 Å². The molecule has 0 aliphatic heterocycles. The Bertz CT molecular complexity index is 901. The Balaban J connectivity index is 1.68. The van der Waals surface area contributed by atoms with E-state index in [1.54, 1.807) is 36.7 Å². The summed E-state index contributed by atoms with van der Waals surface area (Å²) in [5, 5.41) is 23.6. The van der Waals surface area contributed by atoms with Gasteiger partial charge in [-0.25, -0.2) is 0 Å². The van der Waals surface area contributed by atoms with Crippen LogP contribution in [0.4, 0.5) is 5.82 Å². The molecule has 2 N–H and O–H groups in total. The number of fused-ring (bicyclic) bond motifs is 1. The van der Waals surface area contributed by atoms with Gasteiger partial charge < -0.3 is 9.84 Å². The van der Waals surface area contributed by atoms with Crippen molar-refractivity contribution in [3.8, 4) is 11.5 Å². The van der Waals surface area contributed by atoms with Crippen LogP contribution in [0.2, 0.25) is 0 Å². The summed E-state index contributed by atoms with van der Waals surface area (Å²) < 4.78 is 5.07. The lowest BCUT2D eigenvalue weighted by Gasteiger charge is -2.03. The zero-order chi connectivity index (χ0) is 16.8. The van der Waals surface area contributed by atoms with Crippen LogP contribution in [0.3, 0.4) is 0 Å². The first kappa shape index (κ1) is 15.5. The van der Waals surface area contributed by atoms with Gasteiger partial charge in [-0.2, -0.15) is 10.2 Å². The summed E-state index contributed by atoms with van der Waals surface area (Å²) in [5.41, 5.74) is 3.78. The predicted octanol–water partition coefficient (Wildman–Crippen LogP) is 3.46. The van der Waals surface area contributed by atoms with Crippen molar-refractivity contribution in [1.82, 2.24) is 10.2 Å². The summed E-state index contributed by atoms with van der Waals surface area (Å²) in [6, 6.07) is 12.9. The lowest BCUT2D eigenvalue weighted by molar-refractivity contribution is 0.373. The number of hydrogen-bond donors (Lipinski definition) is 2. The number of ether oxygens (including phenoxy) is 1. The molecule has 3 rings (SSSR count). The Morgan fingerprint density at radius 2 is 2.08 bits per heavy atom. The van der Waals surface area contributed by atoms with Crippen molar-refractivity contribution in [1.29, 1.82) is 0 Å². The minimum absolute atomic E-state index is 0.111. The van der Waals surface area contributed by atoms with Gasteiger partial charge in [0.1, 0.15) is 0 Å². The highest BCUT2D eigenvalue weighted by Gasteiger charge is 2.01. The average molecular weight is 320 g/mol. The molecule has 0 radical (unpaired) electrons. The highest BCUT2D eigenvalue weighted by Crippen LogP contribution is 2.26. The number of hydrogen-bond acceptors (Lipinski definition) is 6. The monoisotopic (exact) mass is 320 g/mol. The van der Waals surface area contributed by atoms with E-state index in [1.165, 1.54) is 7.11 Å². The molecule has 1 aromatic heterocycles. The summed E-state index contributed by atoms with van der Waals surface area (Å²) in [5.74, 6) is 1.14. The van der Waals surface area contributed by atoms with Gasteiger partial charge in [-0.3, -0.25) is 5.43 Å². The smallest absolute Gasteiger partial charge is 0.176 e. The van der Waals surface area contributed by atoms with Crippen LogP contribution in [0.1, 0.15) is 5.56 Å². The molecule has 6 nitrogen and oxygen atoms in total. The molecule has 0 fully saturated rings. The number of nitrogens with one attached hydrogen (secondary N) is 1. The van der Waals surface area contributed by atoms with Crippen molar-refractivity contribution in [2.75, 3.05) is 12.5 Å². The lowest BCUT2D eigenvalue weighted by Crippen LogP contribution is -1.95. The molecule has 120 valence electrons. The van der Waals surface area contributed by atoms with Crippen LogP contribution < -0.4 is 10.2 Å². The van der Waals surface area contributed by atoms with Crippen LogP contribution in [-0.4, -0.2) is 28.6 Å². The Morgan fingerprint density at radius 3 is 2.96 bits per heavy atom. The van der Waals surface area contributed by atoms with Crippen LogP contribution in [0, 0.1) is 0 Å². The fraction of sp³-hybridized carbons (Fsp3) is 0.0556. The third kappa shape index (κ3) is 3.49. The van der Waals surface area contributed by atoms with Gasteiger partial charge in [-0.1, -0.05) is 36.4 Å². The summed E-state index contributed by atoms with van der Waals surface area (Å²) in [6.07, 6.45) is 6.95. The largest absolute Gasteiger partial charge is 0.504 e. The highest BCUT2D eigenvalue weighted by molar-refractivity contribution is 5.91. The minimum Gasteiger partial charge on any atom is -0.504 e. The van der Waals surface area contributed by atoms with Gasteiger partial charge in [0.05, 0.1) is 13.3 Å². The number of hydrazone groups is 1. The first-order valence-electron chi connectivity index (χ1n) is 7.31. The number of benzene rings is 2. The van der Waals surface area contributed by atoms with Gasteiger partial charge >= 0.3 is 0 Å². The van der Waals surface area contributed by atoms with E-state index in [1.807, 2.05) is 30.3 Å². The van der Waals surface area contributed by atoms with Gasteiger partial charge in [0.2, 0.25) is 0 Å². The van der Waals surface area contributed by atoms with Crippen molar-refractivity contribution in [2.45, 2.75) is 0 Å². The number of allylic oxidation sites excluding steroid dienone is 1. The lowest BCUT2D eigenvalue weighted by atomic mass is 10.2. The van der Waals surface area contributed by atoms with Gasteiger partial charge in [0, 0.05) is 17.0 Å². The van der Waals surface area contributed by atoms with Crippen molar-refractivity contribution >= 4 is 28.9 Å². The number of methoxy groups -OCH3 is 1. The van der Waals surface area contributed by atoms with Crippen molar-refractivity contribution < 1.29 is 9.84 Å². The fourth-order valence-corrected chi connectivity index (χ4v) is 2.20. The van der Waals surface area contributed by atoms with Crippen molar-refractivity contribution in [2.24, 2.45) is 5.10 Å². The summed E-state index contributed by atoms with van der Waals surface area (Å²) in [7, 11) is 1.51. The normalized spacial score (nSPS) is 11.4. The highest BCUT2D eigenvalue weighted by atomic mass is 16.5.